The van der Waals surface area contributed by atoms with Gasteiger partial charge in [-0.25, -0.2) is 0 Å². The van der Waals surface area contributed by atoms with Crippen LogP contribution in [0.25, 0.3) is 0 Å². The molecule has 0 bridgehead atoms. The number of rotatable bonds is 10. The maximum Gasteiger partial charge on any atom is 0.401 e. The molecule has 1 saturated heterocycles. The first-order valence-corrected chi connectivity index (χ1v) is 9.73. The van der Waals surface area contributed by atoms with Crippen molar-refractivity contribution in [1.82, 2.24) is 20.4 Å². The topological polar surface area (TPSA) is 52.1 Å². The number of morpholine rings is 1. The molecule has 0 aromatic carbocycles. The van der Waals surface area contributed by atoms with Crippen molar-refractivity contribution in [2.75, 3.05) is 66.6 Å². The SMILES string of the molecule is CN=C(NCCCN(C)CC(F)(F)F)NCC(CC(C)C)N1CCOCC1.I. The van der Waals surface area contributed by atoms with Crippen LogP contribution >= 0.6 is 24.0 Å². The van der Waals surface area contributed by atoms with Gasteiger partial charge in [0.25, 0.3) is 0 Å². The summed E-state index contributed by atoms with van der Waals surface area (Å²) >= 11 is 0. The highest BCUT2D eigenvalue weighted by atomic mass is 127. The van der Waals surface area contributed by atoms with Crippen molar-refractivity contribution in [3.8, 4) is 0 Å². The summed E-state index contributed by atoms with van der Waals surface area (Å²) in [4.78, 5) is 7.96. The molecule has 0 amide bonds. The second kappa shape index (κ2) is 14.6. The summed E-state index contributed by atoms with van der Waals surface area (Å²) < 4.78 is 42.4. The number of hydrogen-bond acceptors (Lipinski definition) is 4. The molecule has 10 heteroatoms. The maximum atomic E-state index is 12.3. The molecule has 1 rings (SSSR count). The van der Waals surface area contributed by atoms with Crippen LogP contribution in [0, 0.1) is 5.92 Å². The predicted molar refractivity (Wildman–Crippen MR) is 119 cm³/mol. The van der Waals surface area contributed by atoms with Gasteiger partial charge in [0.1, 0.15) is 0 Å². The molecular weight excluding hydrogens is 486 g/mol. The van der Waals surface area contributed by atoms with Crippen LogP contribution in [0.1, 0.15) is 26.7 Å². The molecule has 1 fully saturated rings. The molecule has 28 heavy (non-hydrogen) atoms. The molecule has 6 nitrogen and oxygen atoms in total. The lowest BCUT2D eigenvalue weighted by atomic mass is 10.0. The Bertz CT molecular complexity index is 432. The summed E-state index contributed by atoms with van der Waals surface area (Å²) in [6, 6.07) is 0.408. The lowest BCUT2D eigenvalue weighted by molar-refractivity contribution is -0.143. The molecule has 1 heterocycles. The van der Waals surface area contributed by atoms with E-state index in [1.165, 1.54) is 11.9 Å². The highest BCUT2D eigenvalue weighted by Gasteiger charge is 2.28. The summed E-state index contributed by atoms with van der Waals surface area (Å²) in [7, 11) is 3.19. The average molecular weight is 523 g/mol. The number of hydrogen-bond donors (Lipinski definition) is 2. The molecule has 0 spiro atoms. The van der Waals surface area contributed by atoms with Crippen LogP contribution in [-0.4, -0.2) is 94.6 Å². The first-order valence-electron chi connectivity index (χ1n) is 9.73. The van der Waals surface area contributed by atoms with Crippen LogP contribution in [-0.2, 0) is 4.74 Å². The number of nitrogens with zero attached hydrogens (tertiary/aromatic N) is 3. The van der Waals surface area contributed by atoms with Gasteiger partial charge in [-0.15, -0.1) is 24.0 Å². The molecule has 2 N–H and O–H groups in total. The summed E-state index contributed by atoms with van der Waals surface area (Å²) in [6.07, 6.45) is -2.44. The van der Waals surface area contributed by atoms with E-state index in [1.807, 2.05) is 0 Å². The van der Waals surface area contributed by atoms with E-state index in [0.29, 0.717) is 37.4 Å². The largest absolute Gasteiger partial charge is 0.401 e. The molecule has 1 aliphatic rings. The van der Waals surface area contributed by atoms with E-state index in [0.717, 1.165) is 39.3 Å². The van der Waals surface area contributed by atoms with Gasteiger partial charge in [-0.3, -0.25) is 14.8 Å². The molecule has 168 valence electrons. The van der Waals surface area contributed by atoms with E-state index in [4.69, 9.17) is 4.74 Å². The van der Waals surface area contributed by atoms with E-state index in [1.54, 1.807) is 7.05 Å². The number of guanidine groups is 1. The molecule has 1 aliphatic heterocycles. The number of halogens is 4. The van der Waals surface area contributed by atoms with Crippen molar-refractivity contribution in [1.29, 1.82) is 0 Å². The number of nitrogens with one attached hydrogen (secondary N) is 2. The van der Waals surface area contributed by atoms with Gasteiger partial charge in [0, 0.05) is 39.3 Å². The fraction of sp³-hybridized carbons (Fsp3) is 0.944. The number of ether oxygens (including phenoxy) is 1. The maximum absolute atomic E-state index is 12.3. The predicted octanol–water partition coefficient (Wildman–Crippen LogP) is 2.40. The van der Waals surface area contributed by atoms with Crippen LogP contribution < -0.4 is 10.6 Å². The normalized spacial score (nSPS) is 17.5. The van der Waals surface area contributed by atoms with Gasteiger partial charge in [0.05, 0.1) is 19.8 Å². The standard InChI is InChI=1S/C18H36F3N5O.HI/c1-15(2)12-16(26-8-10-27-11-9-26)13-24-17(22-3)23-6-5-7-25(4)14-18(19,20)21;/h15-16H,5-14H2,1-4H3,(H2,22,23,24);1H. The zero-order valence-electron chi connectivity index (χ0n) is 17.5. The van der Waals surface area contributed by atoms with Crippen LogP contribution in [0.2, 0.25) is 0 Å². The van der Waals surface area contributed by atoms with Crippen molar-refractivity contribution >= 4 is 29.9 Å². The van der Waals surface area contributed by atoms with Gasteiger partial charge < -0.3 is 15.4 Å². The fourth-order valence-electron chi connectivity index (χ4n) is 3.22. The minimum atomic E-state index is -4.15. The Morgan fingerprint density at radius 3 is 2.39 bits per heavy atom. The molecule has 0 radical (unpaired) electrons. The van der Waals surface area contributed by atoms with Crippen molar-refractivity contribution < 1.29 is 17.9 Å². The summed E-state index contributed by atoms with van der Waals surface area (Å²) in [5.74, 6) is 1.29. The third kappa shape index (κ3) is 13.0. The van der Waals surface area contributed by atoms with E-state index in [-0.39, 0.29) is 24.0 Å². The molecular formula is C18H37F3IN5O. The van der Waals surface area contributed by atoms with Crippen molar-refractivity contribution in [3.63, 3.8) is 0 Å². The minimum absolute atomic E-state index is 0. The Labute approximate surface area is 184 Å². The van der Waals surface area contributed by atoms with Crippen molar-refractivity contribution in [2.45, 2.75) is 38.9 Å². The second-order valence-corrected chi connectivity index (χ2v) is 7.52. The van der Waals surface area contributed by atoms with Gasteiger partial charge in [-0.2, -0.15) is 13.2 Å². The first-order chi connectivity index (χ1) is 12.7. The molecule has 0 aromatic heterocycles. The molecule has 0 saturated carbocycles. The van der Waals surface area contributed by atoms with E-state index >= 15 is 0 Å². The van der Waals surface area contributed by atoms with Crippen LogP contribution in [0.15, 0.2) is 4.99 Å². The summed E-state index contributed by atoms with van der Waals surface area (Å²) in [6.45, 7) is 8.73. The molecule has 1 atom stereocenters. The Morgan fingerprint density at radius 1 is 1.21 bits per heavy atom. The highest BCUT2D eigenvalue weighted by molar-refractivity contribution is 14.0. The van der Waals surface area contributed by atoms with Crippen LogP contribution in [0.5, 0.6) is 0 Å². The van der Waals surface area contributed by atoms with E-state index in [9.17, 15) is 13.2 Å². The number of alkyl halides is 3. The zero-order chi connectivity index (χ0) is 20.3. The second-order valence-electron chi connectivity index (χ2n) is 7.52. The van der Waals surface area contributed by atoms with Crippen LogP contribution in [0.3, 0.4) is 0 Å². The van der Waals surface area contributed by atoms with Gasteiger partial charge >= 0.3 is 6.18 Å². The average Bonchev–Trinajstić information content (AvgIpc) is 2.59. The quantitative estimate of drug-likeness (QED) is 0.200. The fourth-order valence-corrected chi connectivity index (χ4v) is 3.22. The lowest BCUT2D eigenvalue weighted by Gasteiger charge is -2.35. The van der Waals surface area contributed by atoms with Gasteiger partial charge in [0.15, 0.2) is 5.96 Å². The third-order valence-electron chi connectivity index (χ3n) is 4.49. The summed E-state index contributed by atoms with van der Waals surface area (Å²) in [5.41, 5.74) is 0. The van der Waals surface area contributed by atoms with E-state index < -0.39 is 12.7 Å². The smallest absolute Gasteiger partial charge is 0.379 e. The summed E-state index contributed by atoms with van der Waals surface area (Å²) in [5, 5.41) is 6.55. The van der Waals surface area contributed by atoms with E-state index in [2.05, 4.69) is 34.4 Å². The Kier molecular flexibility index (Phi) is 14.4. The van der Waals surface area contributed by atoms with Crippen molar-refractivity contribution in [2.24, 2.45) is 10.9 Å². The van der Waals surface area contributed by atoms with Gasteiger partial charge in [0.2, 0.25) is 0 Å². The molecule has 1 unspecified atom stereocenters. The molecule has 0 aromatic rings. The Balaban J connectivity index is 0.00000729. The number of aliphatic imine (C=N–C) groups is 1. The Morgan fingerprint density at radius 2 is 1.86 bits per heavy atom. The van der Waals surface area contributed by atoms with Crippen LogP contribution in [0.4, 0.5) is 13.2 Å². The lowest BCUT2D eigenvalue weighted by Crippen LogP contribution is -2.51. The van der Waals surface area contributed by atoms with Crippen molar-refractivity contribution in [3.05, 3.63) is 0 Å². The first kappa shape index (κ1) is 27.7. The zero-order valence-corrected chi connectivity index (χ0v) is 19.8. The molecule has 0 aliphatic carbocycles. The highest BCUT2D eigenvalue weighted by Crippen LogP contribution is 2.15. The van der Waals surface area contributed by atoms with Gasteiger partial charge in [-0.1, -0.05) is 13.8 Å². The minimum Gasteiger partial charge on any atom is -0.379 e. The van der Waals surface area contributed by atoms with Gasteiger partial charge in [-0.05, 0) is 32.4 Å². The third-order valence-corrected chi connectivity index (χ3v) is 4.49. The monoisotopic (exact) mass is 523 g/mol. The Hall–Kier alpha value is -0.330.